The van der Waals surface area contributed by atoms with E-state index in [0.29, 0.717) is 5.39 Å². The van der Waals surface area contributed by atoms with Gasteiger partial charge in [0.1, 0.15) is 5.69 Å². The number of fused-ring (bicyclic) bond motifs is 1. The summed E-state index contributed by atoms with van der Waals surface area (Å²) in [6.45, 7) is 1.79. The Bertz CT molecular complexity index is 587. The molecule has 0 radical (unpaired) electrons. The molecule has 0 bridgehead atoms. The van der Waals surface area contributed by atoms with Gasteiger partial charge in [-0.05, 0) is 19.1 Å². The number of aromatic amines is 1. The first kappa shape index (κ1) is 12.5. The summed E-state index contributed by atoms with van der Waals surface area (Å²) in [5, 5.41) is 0.327. The van der Waals surface area contributed by atoms with Gasteiger partial charge < -0.3 is 9.72 Å². The Morgan fingerprint density at radius 1 is 1.39 bits per heavy atom. The maximum atomic E-state index is 12.7. The van der Waals surface area contributed by atoms with E-state index in [1.165, 1.54) is 18.2 Å². The average molecular weight is 257 g/mol. The summed E-state index contributed by atoms with van der Waals surface area (Å²) in [4.78, 5) is 13.9. The fraction of sp³-hybridized carbons (Fsp3) is 0.250. The van der Waals surface area contributed by atoms with Crippen LogP contribution in [0.25, 0.3) is 10.9 Å². The van der Waals surface area contributed by atoms with E-state index in [9.17, 15) is 18.0 Å². The van der Waals surface area contributed by atoms with Crippen molar-refractivity contribution in [3.8, 4) is 0 Å². The smallest absolute Gasteiger partial charge is 0.418 e. The van der Waals surface area contributed by atoms with Gasteiger partial charge in [0.15, 0.2) is 0 Å². The molecule has 0 fully saturated rings. The largest absolute Gasteiger partial charge is 0.461 e. The van der Waals surface area contributed by atoms with E-state index in [2.05, 4.69) is 4.98 Å². The van der Waals surface area contributed by atoms with Crippen LogP contribution in [0, 0.1) is 0 Å². The van der Waals surface area contributed by atoms with Gasteiger partial charge in [-0.1, -0.05) is 12.1 Å². The van der Waals surface area contributed by atoms with Gasteiger partial charge >= 0.3 is 12.1 Å². The number of carbonyl (C=O) groups is 1. The fourth-order valence-corrected chi connectivity index (χ4v) is 1.71. The number of carbonyl (C=O) groups excluding carboxylic acids is 1. The Hall–Kier alpha value is -1.98. The van der Waals surface area contributed by atoms with Crippen LogP contribution in [0.3, 0.4) is 0 Å². The molecule has 0 spiro atoms. The van der Waals surface area contributed by atoms with Crippen molar-refractivity contribution in [1.29, 1.82) is 0 Å². The molecule has 0 unspecified atom stereocenters. The SMILES string of the molecule is CCOC(=O)c1cc2cccc(C(F)(F)F)c2[nH]1. The Morgan fingerprint density at radius 2 is 2.11 bits per heavy atom. The Labute approximate surface area is 101 Å². The van der Waals surface area contributed by atoms with Gasteiger partial charge in [-0.2, -0.15) is 13.2 Å². The molecule has 1 heterocycles. The molecule has 0 aliphatic rings. The van der Waals surface area contributed by atoms with Gasteiger partial charge in [-0.25, -0.2) is 4.79 Å². The topological polar surface area (TPSA) is 42.1 Å². The predicted octanol–water partition coefficient (Wildman–Crippen LogP) is 3.36. The number of hydrogen-bond acceptors (Lipinski definition) is 2. The summed E-state index contributed by atoms with van der Waals surface area (Å²) in [5.74, 6) is -0.665. The molecule has 3 nitrogen and oxygen atoms in total. The van der Waals surface area contributed by atoms with Crippen LogP contribution in [0.15, 0.2) is 24.3 Å². The quantitative estimate of drug-likeness (QED) is 0.838. The lowest BCUT2D eigenvalue weighted by Gasteiger charge is -2.07. The zero-order chi connectivity index (χ0) is 13.3. The number of nitrogens with one attached hydrogen (secondary N) is 1. The Balaban J connectivity index is 2.55. The maximum Gasteiger partial charge on any atom is 0.418 e. The third-order valence-corrected chi connectivity index (χ3v) is 2.46. The van der Waals surface area contributed by atoms with Crippen LogP contribution >= 0.6 is 0 Å². The van der Waals surface area contributed by atoms with Gasteiger partial charge in [0.05, 0.1) is 17.7 Å². The second-order valence-corrected chi connectivity index (χ2v) is 3.67. The van der Waals surface area contributed by atoms with Crippen molar-refractivity contribution in [2.75, 3.05) is 6.61 Å². The molecule has 1 aromatic carbocycles. The summed E-state index contributed by atoms with van der Waals surface area (Å²) in [5.41, 5.74) is -0.882. The van der Waals surface area contributed by atoms with Gasteiger partial charge in [0.2, 0.25) is 0 Å². The average Bonchev–Trinajstić information content (AvgIpc) is 2.71. The van der Waals surface area contributed by atoms with E-state index in [1.54, 1.807) is 6.92 Å². The zero-order valence-corrected chi connectivity index (χ0v) is 9.47. The molecule has 0 aliphatic carbocycles. The molecule has 0 amide bonds. The molecule has 0 aliphatic heterocycles. The van der Waals surface area contributed by atoms with Crippen LogP contribution in [0.2, 0.25) is 0 Å². The highest BCUT2D eigenvalue weighted by atomic mass is 19.4. The van der Waals surface area contributed by atoms with Crippen molar-refractivity contribution in [3.63, 3.8) is 0 Å². The highest BCUT2D eigenvalue weighted by Gasteiger charge is 2.33. The van der Waals surface area contributed by atoms with Gasteiger partial charge in [0, 0.05) is 5.39 Å². The first-order chi connectivity index (χ1) is 8.43. The molecular weight excluding hydrogens is 247 g/mol. The van der Waals surface area contributed by atoms with Crippen LogP contribution in [0.1, 0.15) is 23.0 Å². The second-order valence-electron chi connectivity index (χ2n) is 3.67. The van der Waals surface area contributed by atoms with Crippen molar-refractivity contribution in [1.82, 2.24) is 4.98 Å². The fourth-order valence-electron chi connectivity index (χ4n) is 1.71. The minimum atomic E-state index is -4.46. The maximum absolute atomic E-state index is 12.7. The highest BCUT2D eigenvalue weighted by Crippen LogP contribution is 2.34. The van der Waals surface area contributed by atoms with Crippen LogP contribution in [-0.2, 0) is 10.9 Å². The summed E-state index contributed by atoms with van der Waals surface area (Å²) in [7, 11) is 0. The number of para-hydroxylation sites is 1. The number of benzene rings is 1. The number of esters is 1. The molecule has 2 aromatic rings. The number of hydrogen-bond donors (Lipinski definition) is 1. The normalized spacial score (nSPS) is 11.8. The lowest BCUT2D eigenvalue weighted by atomic mass is 10.1. The minimum Gasteiger partial charge on any atom is -0.461 e. The van der Waals surface area contributed by atoms with Gasteiger partial charge in [0.25, 0.3) is 0 Å². The molecule has 1 N–H and O–H groups in total. The number of H-pyrrole nitrogens is 1. The van der Waals surface area contributed by atoms with Crippen molar-refractivity contribution in [3.05, 3.63) is 35.5 Å². The van der Waals surface area contributed by atoms with E-state index >= 15 is 0 Å². The third kappa shape index (κ3) is 2.18. The Morgan fingerprint density at radius 3 is 2.72 bits per heavy atom. The van der Waals surface area contributed by atoms with Crippen LogP contribution < -0.4 is 0 Å². The third-order valence-electron chi connectivity index (χ3n) is 2.46. The van der Waals surface area contributed by atoms with Gasteiger partial charge in [-0.15, -0.1) is 0 Å². The van der Waals surface area contributed by atoms with E-state index in [1.807, 2.05) is 0 Å². The molecule has 6 heteroatoms. The molecule has 0 saturated carbocycles. The Kier molecular flexibility index (Phi) is 3.02. The van der Waals surface area contributed by atoms with Crippen LogP contribution in [0.5, 0.6) is 0 Å². The number of rotatable bonds is 2. The standard InChI is InChI=1S/C12H10F3NO2/c1-2-18-11(17)9-6-7-4-3-5-8(10(7)16-9)12(13,14)15/h3-6,16H,2H2,1H3. The van der Waals surface area contributed by atoms with E-state index in [0.717, 1.165) is 6.07 Å². The van der Waals surface area contributed by atoms with Gasteiger partial charge in [-0.3, -0.25) is 0 Å². The summed E-state index contributed by atoms with van der Waals surface area (Å²) >= 11 is 0. The van der Waals surface area contributed by atoms with Crippen molar-refractivity contribution < 1.29 is 22.7 Å². The first-order valence-corrected chi connectivity index (χ1v) is 5.29. The molecule has 0 saturated heterocycles. The molecule has 96 valence electrons. The van der Waals surface area contributed by atoms with E-state index in [-0.39, 0.29) is 17.8 Å². The molecular formula is C12H10F3NO2. The van der Waals surface area contributed by atoms with Crippen molar-refractivity contribution in [2.45, 2.75) is 13.1 Å². The summed E-state index contributed by atoms with van der Waals surface area (Å²) in [6.07, 6.45) is -4.46. The molecule has 2 rings (SSSR count). The molecule has 0 atom stereocenters. The van der Waals surface area contributed by atoms with Crippen molar-refractivity contribution >= 4 is 16.9 Å². The van der Waals surface area contributed by atoms with E-state index in [4.69, 9.17) is 4.74 Å². The molecule has 18 heavy (non-hydrogen) atoms. The monoisotopic (exact) mass is 257 g/mol. The number of ether oxygens (including phenoxy) is 1. The summed E-state index contributed by atoms with van der Waals surface area (Å²) < 4.78 is 43.0. The number of halogens is 3. The lowest BCUT2D eigenvalue weighted by molar-refractivity contribution is -0.136. The first-order valence-electron chi connectivity index (χ1n) is 5.29. The number of alkyl halides is 3. The molecule has 1 aromatic heterocycles. The van der Waals surface area contributed by atoms with Crippen molar-refractivity contribution in [2.24, 2.45) is 0 Å². The predicted molar refractivity (Wildman–Crippen MR) is 59.3 cm³/mol. The highest BCUT2D eigenvalue weighted by molar-refractivity contribution is 5.95. The van der Waals surface area contributed by atoms with Crippen LogP contribution in [0.4, 0.5) is 13.2 Å². The zero-order valence-electron chi connectivity index (χ0n) is 9.47. The second kappa shape index (κ2) is 4.36. The summed E-state index contributed by atoms with van der Waals surface area (Å²) in [6, 6.07) is 5.12. The van der Waals surface area contributed by atoms with E-state index < -0.39 is 17.7 Å². The lowest BCUT2D eigenvalue weighted by Crippen LogP contribution is -2.07. The minimum absolute atomic E-state index is 0.0172. The van der Waals surface area contributed by atoms with Crippen LogP contribution in [-0.4, -0.2) is 17.6 Å². The number of aromatic nitrogens is 1.